The van der Waals surface area contributed by atoms with Crippen LogP contribution in [0.2, 0.25) is 0 Å². The summed E-state index contributed by atoms with van der Waals surface area (Å²) >= 11 is 1.53. The second-order valence-electron chi connectivity index (χ2n) is 7.20. The lowest BCUT2D eigenvalue weighted by atomic mass is 10.1. The summed E-state index contributed by atoms with van der Waals surface area (Å²) in [5.41, 5.74) is 3.86. The van der Waals surface area contributed by atoms with Crippen LogP contribution in [0.15, 0.2) is 54.0 Å². The third kappa shape index (κ3) is 4.70. The number of amides is 1. The Kier molecular flexibility index (Phi) is 6.61. The van der Waals surface area contributed by atoms with Gasteiger partial charge >= 0.3 is 0 Å². The maximum atomic E-state index is 12.5. The quantitative estimate of drug-likeness (QED) is 0.417. The van der Waals surface area contributed by atoms with E-state index in [2.05, 4.69) is 10.3 Å². The van der Waals surface area contributed by atoms with E-state index in [0.717, 1.165) is 33.2 Å². The van der Waals surface area contributed by atoms with E-state index in [1.165, 1.54) is 11.3 Å². The number of benzene rings is 2. The van der Waals surface area contributed by atoms with Crippen LogP contribution in [0.4, 0.5) is 0 Å². The minimum Gasteiger partial charge on any atom is -0.497 e. The van der Waals surface area contributed by atoms with Crippen molar-refractivity contribution in [2.45, 2.75) is 12.8 Å². The van der Waals surface area contributed by atoms with Gasteiger partial charge in [0.2, 0.25) is 5.91 Å². The fraction of sp³-hybridized carbons (Fsp3) is 0.250. The predicted molar refractivity (Wildman–Crippen MR) is 125 cm³/mol. The topological polar surface area (TPSA) is 74.1 Å². The molecule has 0 bridgehead atoms. The number of thiazole rings is 1. The summed E-state index contributed by atoms with van der Waals surface area (Å²) in [5.74, 6) is 2.16. The van der Waals surface area contributed by atoms with Gasteiger partial charge in [-0.2, -0.15) is 0 Å². The zero-order chi connectivity index (χ0) is 22.5. The number of aromatic nitrogens is 2. The van der Waals surface area contributed by atoms with E-state index in [9.17, 15) is 4.79 Å². The molecule has 32 heavy (non-hydrogen) atoms. The van der Waals surface area contributed by atoms with Gasteiger partial charge in [-0.25, -0.2) is 4.98 Å². The van der Waals surface area contributed by atoms with E-state index in [1.54, 1.807) is 21.3 Å². The van der Waals surface area contributed by atoms with Crippen LogP contribution in [0, 0.1) is 0 Å². The Hall–Kier alpha value is -3.52. The van der Waals surface area contributed by atoms with Crippen molar-refractivity contribution in [2.24, 2.45) is 0 Å². The van der Waals surface area contributed by atoms with Gasteiger partial charge in [0.15, 0.2) is 16.5 Å². The van der Waals surface area contributed by atoms with Gasteiger partial charge in [0, 0.05) is 29.4 Å². The van der Waals surface area contributed by atoms with Crippen molar-refractivity contribution in [1.82, 2.24) is 14.7 Å². The molecule has 0 radical (unpaired) electrons. The third-order valence-electron chi connectivity index (χ3n) is 5.19. The smallest absolute Gasteiger partial charge is 0.225 e. The molecule has 4 rings (SSSR count). The molecule has 8 heteroatoms. The third-order valence-corrected chi connectivity index (χ3v) is 6.08. The zero-order valence-electron chi connectivity index (χ0n) is 18.3. The van der Waals surface area contributed by atoms with Crippen LogP contribution in [-0.4, -0.2) is 43.2 Å². The number of nitrogens with zero attached hydrogens (tertiary/aromatic N) is 2. The fourth-order valence-corrected chi connectivity index (χ4v) is 4.34. The van der Waals surface area contributed by atoms with E-state index >= 15 is 0 Å². The monoisotopic (exact) mass is 451 g/mol. The van der Waals surface area contributed by atoms with Crippen molar-refractivity contribution in [2.75, 3.05) is 27.9 Å². The molecule has 2 aromatic carbocycles. The maximum absolute atomic E-state index is 12.5. The number of rotatable bonds is 9. The van der Waals surface area contributed by atoms with Crippen LogP contribution >= 0.6 is 11.3 Å². The molecule has 0 saturated carbocycles. The zero-order valence-corrected chi connectivity index (χ0v) is 19.1. The van der Waals surface area contributed by atoms with Crippen LogP contribution in [0.3, 0.4) is 0 Å². The summed E-state index contributed by atoms with van der Waals surface area (Å²) in [4.78, 5) is 18.1. The van der Waals surface area contributed by atoms with E-state index < -0.39 is 0 Å². The van der Waals surface area contributed by atoms with E-state index in [1.807, 2.05) is 58.4 Å². The predicted octanol–water partition coefficient (Wildman–Crippen LogP) is 3.99. The Morgan fingerprint density at radius 3 is 2.53 bits per heavy atom. The van der Waals surface area contributed by atoms with Gasteiger partial charge in [-0.3, -0.25) is 9.20 Å². The van der Waals surface area contributed by atoms with E-state index in [4.69, 9.17) is 14.2 Å². The molecule has 0 atom stereocenters. The summed E-state index contributed by atoms with van der Waals surface area (Å²) in [7, 11) is 4.87. The van der Waals surface area contributed by atoms with Gasteiger partial charge in [0.25, 0.3) is 0 Å². The Balaban J connectivity index is 1.37. The number of imidazole rings is 1. The number of ether oxygens (including phenoxy) is 3. The molecule has 0 aliphatic heterocycles. The van der Waals surface area contributed by atoms with Crippen molar-refractivity contribution in [3.63, 3.8) is 0 Å². The number of carbonyl (C=O) groups is 1. The first-order chi connectivity index (χ1) is 15.6. The Morgan fingerprint density at radius 2 is 1.81 bits per heavy atom. The lowest BCUT2D eigenvalue weighted by Crippen LogP contribution is -2.27. The molecule has 0 unspecified atom stereocenters. The normalized spacial score (nSPS) is 10.8. The first kappa shape index (κ1) is 21.7. The van der Waals surface area contributed by atoms with Crippen LogP contribution in [0.5, 0.6) is 17.2 Å². The number of fused-ring (bicyclic) bond motifs is 1. The number of nitrogens with one attached hydrogen (secondary N) is 1. The molecule has 2 aromatic heterocycles. The van der Waals surface area contributed by atoms with Gasteiger partial charge in [-0.15, -0.1) is 11.3 Å². The molecule has 7 nitrogen and oxygen atoms in total. The molecule has 0 aliphatic rings. The number of hydrogen-bond donors (Lipinski definition) is 1. The second kappa shape index (κ2) is 9.74. The van der Waals surface area contributed by atoms with E-state index in [-0.39, 0.29) is 5.91 Å². The molecule has 166 valence electrons. The summed E-state index contributed by atoms with van der Waals surface area (Å²) in [5, 5.41) is 4.98. The van der Waals surface area contributed by atoms with Gasteiger partial charge < -0.3 is 19.5 Å². The second-order valence-corrected chi connectivity index (χ2v) is 8.04. The lowest BCUT2D eigenvalue weighted by molar-refractivity contribution is -0.120. The molecule has 2 heterocycles. The first-order valence-electron chi connectivity index (χ1n) is 10.2. The number of methoxy groups -OCH3 is 3. The van der Waals surface area contributed by atoms with Crippen LogP contribution in [0.25, 0.3) is 16.2 Å². The highest BCUT2D eigenvalue weighted by atomic mass is 32.1. The van der Waals surface area contributed by atoms with Gasteiger partial charge in [0.05, 0.1) is 33.4 Å². The molecule has 1 N–H and O–H groups in total. The highest BCUT2D eigenvalue weighted by molar-refractivity contribution is 7.15. The minimum atomic E-state index is -0.0233. The minimum absolute atomic E-state index is 0.0233. The van der Waals surface area contributed by atoms with E-state index in [0.29, 0.717) is 30.9 Å². The lowest BCUT2D eigenvalue weighted by Gasteiger charge is -2.10. The molecule has 0 fully saturated rings. The standard InChI is InChI=1S/C24H25N3O4S/c1-29-19-7-5-17(6-8-19)20-14-27-18(15-32-24(27)26-20)13-23(28)25-11-10-16-4-9-21(30-2)22(12-16)31-3/h4-9,12,14-15H,10-11,13H2,1-3H3,(H,25,28). The van der Waals surface area contributed by atoms with Gasteiger partial charge in [0.1, 0.15) is 5.75 Å². The Labute approximate surface area is 190 Å². The van der Waals surface area contributed by atoms with Crippen molar-refractivity contribution in [1.29, 1.82) is 0 Å². The average Bonchev–Trinajstić information content (AvgIpc) is 3.41. The molecule has 4 aromatic rings. The van der Waals surface area contributed by atoms with Crippen molar-refractivity contribution in [3.05, 3.63) is 65.3 Å². The molecule has 0 spiro atoms. The fourth-order valence-electron chi connectivity index (χ4n) is 3.47. The average molecular weight is 452 g/mol. The van der Waals surface area contributed by atoms with Crippen molar-refractivity contribution in [3.8, 4) is 28.5 Å². The summed E-state index contributed by atoms with van der Waals surface area (Å²) < 4.78 is 17.8. The summed E-state index contributed by atoms with van der Waals surface area (Å²) in [6.07, 6.45) is 2.97. The van der Waals surface area contributed by atoms with Crippen molar-refractivity contribution < 1.29 is 19.0 Å². The molecule has 1 amide bonds. The van der Waals surface area contributed by atoms with Crippen LogP contribution < -0.4 is 19.5 Å². The van der Waals surface area contributed by atoms with Gasteiger partial charge in [-0.1, -0.05) is 6.07 Å². The van der Waals surface area contributed by atoms with Crippen LogP contribution in [0.1, 0.15) is 11.3 Å². The SMILES string of the molecule is COc1ccc(-c2cn3c(CC(=O)NCCc4ccc(OC)c(OC)c4)csc3n2)cc1. The molecule has 0 saturated heterocycles. The van der Waals surface area contributed by atoms with Crippen molar-refractivity contribution >= 4 is 22.2 Å². The highest BCUT2D eigenvalue weighted by Crippen LogP contribution is 2.28. The number of carbonyl (C=O) groups excluding carboxylic acids is 1. The molecular weight excluding hydrogens is 426 g/mol. The highest BCUT2D eigenvalue weighted by Gasteiger charge is 2.13. The van der Waals surface area contributed by atoms with Gasteiger partial charge in [-0.05, 0) is 48.4 Å². The summed E-state index contributed by atoms with van der Waals surface area (Å²) in [6.45, 7) is 0.544. The molecule has 0 aliphatic carbocycles. The first-order valence-corrected chi connectivity index (χ1v) is 11.1. The van der Waals surface area contributed by atoms with Crippen LogP contribution in [-0.2, 0) is 17.6 Å². The largest absolute Gasteiger partial charge is 0.497 e. The Bertz CT molecular complexity index is 1210. The number of hydrogen-bond acceptors (Lipinski definition) is 6. The maximum Gasteiger partial charge on any atom is 0.225 e. The Morgan fingerprint density at radius 1 is 1.03 bits per heavy atom. The summed E-state index contributed by atoms with van der Waals surface area (Å²) in [6, 6.07) is 13.6. The molecular formula is C24H25N3O4S.